The first-order valence-electron chi connectivity index (χ1n) is 20.4. The lowest BCUT2D eigenvalue weighted by Gasteiger charge is -2.27. The van der Waals surface area contributed by atoms with Crippen LogP contribution in [0, 0.1) is 5.92 Å². The van der Waals surface area contributed by atoms with Crippen LogP contribution >= 0.6 is 11.6 Å². The molecule has 0 saturated heterocycles. The molecule has 6 atom stereocenters. The van der Waals surface area contributed by atoms with Crippen LogP contribution in [0.5, 0.6) is 11.5 Å². The zero-order chi connectivity index (χ0) is 48.8. The van der Waals surface area contributed by atoms with Crippen molar-refractivity contribution < 1.29 is 68.0 Å². The van der Waals surface area contributed by atoms with Crippen molar-refractivity contribution in [2.45, 2.75) is 102 Å². The van der Waals surface area contributed by atoms with Crippen molar-refractivity contribution in [3.63, 3.8) is 0 Å². The summed E-state index contributed by atoms with van der Waals surface area (Å²) in [6, 6.07) is 3.75. The van der Waals surface area contributed by atoms with Gasteiger partial charge in [-0.3, -0.25) is 47.9 Å². The van der Waals surface area contributed by atoms with Crippen LogP contribution in [0.3, 0.4) is 0 Å². The van der Waals surface area contributed by atoms with Crippen LogP contribution in [0.2, 0.25) is 0 Å². The lowest BCUT2D eigenvalue weighted by Crippen LogP contribution is -2.60. The molecule has 0 aliphatic carbocycles. The number of alkyl halides is 1. The van der Waals surface area contributed by atoms with E-state index in [4.69, 9.17) is 27.2 Å². The van der Waals surface area contributed by atoms with E-state index in [0.29, 0.717) is 11.3 Å². The number of aliphatic carboxylic acids is 2. The van der Waals surface area contributed by atoms with Gasteiger partial charge in [0.1, 0.15) is 47.8 Å². The predicted octanol–water partition coefficient (Wildman–Crippen LogP) is -0.808. The molecule has 0 aliphatic heterocycles. The van der Waals surface area contributed by atoms with Gasteiger partial charge in [-0.2, -0.15) is 0 Å². The van der Waals surface area contributed by atoms with E-state index in [1.807, 2.05) is 0 Å². The van der Waals surface area contributed by atoms with Crippen molar-refractivity contribution in [3.8, 4) is 11.5 Å². The average molecular weight is 933 g/mol. The number of hydrogen-bond donors (Lipinski definition) is 11. The van der Waals surface area contributed by atoms with Crippen molar-refractivity contribution in [3.05, 3.63) is 59.7 Å². The first-order chi connectivity index (χ1) is 30.6. The number of amides is 8. The van der Waals surface area contributed by atoms with E-state index in [-0.39, 0.29) is 42.9 Å². The number of ether oxygens (including phenoxy) is 1. The molecule has 2 rings (SSSR count). The van der Waals surface area contributed by atoms with Crippen LogP contribution < -0.4 is 47.7 Å². The zero-order valence-corrected chi connectivity index (χ0v) is 37.1. The third kappa shape index (κ3) is 20.0. The van der Waals surface area contributed by atoms with Crippen molar-refractivity contribution >= 4 is 70.8 Å². The minimum absolute atomic E-state index is 0.00213. The highest BCUT2D eigenvalue weighted by Crippen LogP contribution is 2.14. The molecule has 65 heavy (non-hydrogen) atoms. The zero-order valence-electron chi connectivity index (χ0n) is 36.3. The number of phenolic OH excluding ortho intramolecular Hbond substituents is 1. The smallest absolute Gasteiger partial charge is 0.303 e. The normalized spacial score (nSPS) is 13.6. The molecule has 12 N–H and O–H groups in total. The number of halogens is 1. The Morgan fingerprint density at radius 3 is 1.65 bits per heavy atom. The number of aryl methyl sites for hydroxylation is 1. The fourth-order valence-corrected chi connectivity index (χ4v) is 6.17. The summed E-state index contributed by atoms with van der Waals surface area (Å²) in [5, 5.41) is 45.0. The summed E-state index contributed by atoms with van der Waals surface area (Å²) in [6.45, 7) is 4.15. The maximum atomic E-state index is 13.8. The molecule has 0 saturated carbocycles. The van der Waals surface area contributed by atoms with Gasteiger partial charge in [0.25, 0.3) is 5.91 Å². The van der Waals surface area contributed by atoms with Crippen molar-refractivity contribution in [2.24, 2.45) is 11.7 Å². The number of carbonyl (C=O) groups is 10. The van der Waals surface area contributed by atoms with E-state index in [1.54, 1.807) is 38.1 Å². The van der Waals surface area contributed by atoms with Crippen molar-refractivity contribution in [2.75, 3.05) is 19.5 Å². The molecule has 0 aromatic heterocycles. The first-order valence-corrected chi connectivity index (χ1v) is 21.0. The van der Waals surface area contributed by atoms with Crippen molar-refractivity contribution in [1.29, 1.82) is 0 Å². The molecule has 0 fully saturated rings. The second-order valence-corrected chi connectivity index (χ2v) is 15.6. The second kappa shape index (κ2) is 27.3. The summed E-state index contributed by atoms with van der Waals surface area (Å²) < 4.78 is 5.06. The van der Waals surface area contributed by atoms with Crippen LogP contribution in [0.15, 0.2) is 48.5 Å². The standard InChI is InChI=1S/C42H57ClN8O14/c1-22(2)19-31(41(63)49-30(14-7-24-5-10-26(52)11-6-24)40(62)48-28(36(44)58)15-17-34(54)55)50-42(64)32(20-43)51-39(61)29(16-18-35(56)57)47-33(53)21-45-37(59)23(3)46-38(60)25-8-12-27(65-4)13-9-25/h5-6,8-13,22-23,28-32,52H,7,14-21H2,1-4H3,(H2,44,58)(H,45,59)(H,46,60)(H,47,53)(H,48,62)(H,49,63)(H,50,64)(H,51,61)(H,54,55)(H,56,57)/t23-,28-,29-,30-,31-,32-/m0/s1. The molecule has 22 nitrogen and oxygen atoms in total. The van der Waals surface area contributed by atoms with Crippen molar-refractivity contribution in [1.82, 2.24) is 37.2 Å². The van der Waals surface area contributed by atoms with Gasteiger partial charge in [-0.1, -0.05) is 26.0 Å². The molecular formula is C42H57ClN8O14. The highest BCUT2D eigenvalue weighted by Gasteiger charge is 2.33. The number of nitrogens with two attached hydrogens (primary N) is 1. The average Bonchev–Trinajstić information content (AvgIpc) is 3.25. The van der Waals surface area contributed by atoms with Gasteiger partial charge in [0.2, 0.25) is 41.4 Å². The SMILES string of the molecule is COc1ccc(C(=O)N[C@@H](C)C(=O)NCC(=O)N[C@@H](CCC(=O)O)C(=O)N[C@@H](CCl)C(=O)N[C@@H](CC(C)C)C(=O)N[C@@H](CCc2ccc(O)cc2)C(=O)N[C@@H](CCC(=O)O)C(N)=O)cc1. The van der Waals surface area contributed by atoms with Crippen LogP contribution in [-0.4, -0.2) is 130 Å². The number of primary amides is 1. The molecule has 0 bridgehead atoms. The van der Waals surface area contributed by atoms with Crippen LogP contribution in [-0.2, 0) is 49.6 Å². The number of phenols is 1. The molecule has 2 aromatic rings. The quantitative estimate of drug-likeness (QED) is 0.0466. The highest BCUT2D eigenvalue weighted by atomic mass is 35.5. The number of methoxy groups -OCH3 is 1. The molecule has 0 heterocycles. The molecule has 356 valence electrons. The monoisotopic (exact) mass is 932 g/mol. The Hall–Kier alpha value is -6.97. The van der Waals surface area contributed by atoms with E-state index in [2.05, 4.69) is 37.2 Å². The van der Waals surface area contributed by atoms with Gasteiger partial charge in [-0.25, -0.2) is 0 Å². The Bertz CT molecular complexity index is 2000. The Labute approximate surface area is 379 Å². The van der Waals surface area contributed by atoms with Gasteiger partial charge in [0.15, 0.2) is 0 Å². The molecule has 23 heteroatoms. The van der Waals surface area contributed by atoms with Gasteiger partial charge in [0.05, 0.1) is 19.5 Å². The second-order valence-electron chi connectivity index (χ2n) is 15.3. The van der Waals surface area contributed by atoms with Gasteiger partial charge >= 0.3 is 11.9 Å². The Morgan fingerprint density at radius 2 is 1.12 bits per heavy atom. The molecule has 2 aromatic carbocycles. The molecule has 0 aliphatic rings. The third-order valence-electron chi connectivity index (χ3n) is 9.54. The number of aromatic hydroxyl groups is 1. The Kier molecular flexibility index (Phi) is 22.7. The first kappa shape index (κ1) is 54.2. The minimum atomic E-state index is -1.55. The van der Waals surface area contributed by atoms with Gasteiger partial charge in [-0.05, 0) is 86.9 Å². The van der Waals surface area contributed by atoms with E-state index >= 15 is 0 Å². The van der Waals surface area contributed by atoms with Gasteiger partial charge in [-0.15, -0.1) is 11.6 Å². The lowest BCUT2D eigenvalue weighted by atomic mass is 10.00. The molecular weight excluding hydrogens is 876 g/mol. The molecule has 0 unspecified atom stereocenters. The number of nitrogens with one attached hydrogen (secondary N) is 7. The van der Waals surface area contributed by atoms with Gasteiger partial charge in [0, 0.05) is 18.4 Å². The summed E-state index contributed by atoms with van der Waals surface area (Å²) in [4.78, 5) is 127. The summed E-state index contributed by atoms with van der Waals surface area (Å²) >= 11 is 6.09. The fraction of sp³-hybridized carbons (Fsp3) is 0.476. The van der Waals surface area contributed by atoms with Crippen LogP contribution in [0.25, 0.3) is 0 Å². The van der Waals surface area contributed by atoms with E-state index in [1.165, 1.54) is 38.3 Å². The fourth-order valence-electron chi connectivity index (χ4n) is 5.95. The Balaban J connectivity index is 2.18. The van der Waals surface area contributed by atoms with Crippen LogP contribution in [0.4, 0.5) is 0 Å². The number of carboxylic acid groups (broad SMARTS) is 2. The van der Waals surface area contributed by atoms with E-state index in [9.17, 15) is 58.2 Å². The maximum Gasteiger partial charge on any atom is 0.303 e. The van der Waals surface area contributed by atoms with Crippen LogP contribution in [0.1, 0.15) is 75.2 Å². The molecule has 0 spiro atoms. The number of benzene rings is 2. The topological polar surface area (TPSA) is 351 Å². The molecule has 8 amide bonds. The van der Waals surface area contributed by atoms with E-state index < -0.39 is 127 Å². The lowest BCUT2D eigenvalue weighted by molar-refractivity contribution is -0.139. The number of carboxylic acids is 2. The summed E-state index contributed by atoms with van der Waals surface area (Å²) in [5.41, 5.74) is 6.30. The van der Waals surface area contributed by atoms with Gasteiger partial charge < -0.3 is 63.0 Å². The third-order valence-corrected chi connectivity index (χ3v) is 9.85. The molecule has 0 radical (unpaired) electrons. The minimum Gasteiger partial charge on any atom is -0.508 e. The summed E-state index contributed by atoms with van der Waals surface area (Å²) in [6.07, 6.45) is -1.79. The largest absolute Gasteiger partial charge is 0.508 e. The predicted molar refractivity (Wildman–Crippen MR) is 232 cm³/mol. The highest BCUT2D eigenvalue weighted by molar-refractivity contribution is 6.20. The van der Waals surface area contributed by atoms with E-state index in [0.717, 1.165) is 0 Å². The number of carbonyl (C=O) groups excluding carboxylic acids is 8. The Morgan fingerprint density at radius 1 is 0.631 bits per heavy atom. The summed E-state index contributed by atoms with van der Waals surface area (Å²) in [5.74, 6) is -9.90. The number of hydrogen-bond acceptors (Lipinski definition) is 12. The maximum absolute atomic E-state index is 13.8. The summed E-state index contributed by atoms with van der Waals surface area (Å²) in [7, 11) is 1.46. The number of rotatable bonds is 28.